The van der Waals surface area contributed by atoms with Crippen LogP contribution in [-0.2, 0) is 4.79 Å². The molecule has 1 heterocycles. The number of hydrogen-bond donors (Lipinski definition) is 3. The molecule has 1 aromatic heterocycles. The highest BCUT2D eigenvalue weighted by atomic mass is 35.5. The average Bonchev–Trinajstić information content (AvgIpc) is 2.61. The minimum atomic E-state index is -0.619. The van der Waals surface area contributed by atoms with Crippen molar-refractivity contribution in [3.8, 4) is 5.75 Å². The maximum atomic E-state index is 10.9. The lowest BCUT2D eigenvalue weighted by Gasteiger charge is -2.09. The van der Waals surface area contributed by atoms with Crippen molar-refractivity contribution in [1.82, 2.24) is 10.5 Å². The van der Waals surface area contributed by atoms with Crippen molar-refractivity contribution in [2.45, 2.75) is 6.42 Å². The fourth-order valence-corrected chi connectivity index (χ4v) is 2.11. The quantitative estimate of drug-likeness (QED) is 0.296. The first kappa shape index (κ1) is 17.8. The van der Waals surface area contributed by atoms with E-state index in [2.05, 4.69) is 10.3 Å². The van der Waals surface area contributed by atoms with E-state index in [1.165, 1.54) is 17.6 Å². The Morgan fingerprint density at radius 2 is 2.12 bits per heavy atom. The normalized spacial score (nSPS) is 10.6. The molecular formula is C17H18ClN3O3. The highest BCUT2D eigenvalue weighted by Gasteiger charge is 2.02. The summed E-state index contributed by atoms with van der Waals surface area (Å²) >= 11 is 6.15. The molecule has 0 atom stereocenters. The van der Waals surface area contributed by atoms with Crippen molar-refractivity contribution >= 4 is 29.4 Å². The van der Waals surface area contributed by atoms with E-state index in [0.29, 0.717) is 29.6 Å². The highest BCUT2D eigenvalue weighted by molar-refractivity contribution is 6.33. The zero-order valence-electron chi connectivity index (χ0n) is 12.9. The molecule has 0 saturated heterocycles. The van der Waals surface area contributed by atoms with Gasteiger partial charge in [0.25, 0.3) is 5.91 Å². The lowest BCUT2D eigenvalue weighted by molar-refractivity contribution is -0.124. The zero-order valence-corrected chi connectivity index (χ0v) is 13.7. The number of hydroxylamine groups is 1. The smallest absolute Gasteiger partial charge is 0.267 e. The van der Waals surface area contributed by atoms with Crippen molar-refractivity contribution in [3.05, 3.63) is 59.3 Å². The van der Waals surface area contributed by atoms with Gasteiger partial charge in [-0.1, -0.05) is 29.8 Å². The number of carbonyl (C=O) groups excluding carboxylic acids is 1. The topological polar surface area (TPSA) is 83.5 Å². The van der Waals surface area contributed by atoms with Gasteiger partial charge in [-0.3, -0.25) is 10.0 Å². The molecule has 0 aliphatic heterocycles. The number of carbonyl (C=O) groups is 1. The minimum Gasteiger partial charge on any atom is -0.494 e. The third kappa shape index (κ3) is 5.91. The number of amides is 1. The van der Waals surface area contributed by atoms with E-state index in [1.54, 1.807) is 12.3 Å². The standard InChI is InChI=1S/C17H18ClN3O3/c18-15-11-13(7-8-16(22)21-23)12-20-17(15)19-9-4-10-24-14-5-2-1-3-6-14/h1-3,5-8,11-12,23H,4,9-10H2,(H,19,20)(H,21,22). The number of rotatable bonds is 8. The molecular weight excluding hydrogens is 330 g/mol. The molecule has 24 heavy (non-hydrogen) atoms. The molecule has 0 bridgehead atoms. The van der Waals surface area contributed by atoms with Gasteiger partial charge < -0.3 is 10.1 Å². The van der Waals surface area contributed by atoms with Crippen LogP contribution in [0.3, 0.4) is 0 Å². The second-order valence-corrected chi connectivity index (χ2v) is 5.26. The molecule has 1 amide bonds. The van der Waals surface area contributed by atoms with Gasteiger partial charge in [0.15, 0.2) is 0 Å². The molecule has 1 aromatic carbocycles. The number of aromatic nitrogens is 1. The van der Waals surface area contributed by atoms with E-state index in [-0.39, 0.29) is 0 Å². The number of pyridine rings is 1. The molecule has 0 fully saturated rings. The summed E-state index contributed by atoms with van der Waals surface area (Å²) in [6.45, 7) is 1.26. The summed E-state index contributed by atoms with van der Waals surface area (Å²) in [6.07, 6.45) is 5.06. The van der Waals surface area contributed by atoms with Crippen molar-refractivity contribution in [3.63, 3.8) is 0 Å². The van der Waals surface area contributed by atoms with Crippen LogP contribution in [-0.4, -0.2) is 29.3 Å². The van der Waals surface area contributed by atoms with Crippen molar-refractivity contribution < 1.29 is 14.7 Å². The monoisotopic (exact) mass is 347 g/mol. The minimum absolute atomic E-state index is 0.450. The maximum absolute atomic E-state index is 10.9. The van der Waals surface area contributed by atoms with E-state index >= 15 is 0 Å². The van der Waals surface area contributed by atoms with Gasteiger partial charge in [0, 0.05) is 18.8 Å². The summed E-state index contributed by atoms with van der Waals surface area (Å²) in [5.74, 6) is 0.795. The van der Waals surface area contributed by atoms with Gasteiger partial charge in [0.2, 0.25) is 0 Å². The predicted molar refractivity (Wildman–Crippen MR) is 93.3 cm³/mol. The third-order valence-electron chi connectivity index (χ3n) is 3.03. The first-order chi connectivity index (χ1) is 11.7. The third-order valence-corrected chi connectivity index (χ3v) is 3.31. The number of anilines is 1. The van der Waals surface area contributed by atoms with Crippen LogP contribution < -0.4 is 15.5 Å². The Kier molecular flexibility index (Phi) is 7.07. The van der Waals surface area contributed by atoms with Crippen LogP contribution in [0, 0.1) is 0 Å². The molecule has 0 aliphatic carbocycles. The van der Waals surface area contributed by atoms with E-state index < -0.39 is 5.91 Å². The second kappa shape index (κ2) is 9.54. The highest BCUT2D eigenvalue weighted by Crippen LogP contribution is 2.20. The molecule has 0 spiro atoms. The van der Waals surface area contributed by atoms with Gasteiger partial charge in [-0.2, -0.15) is 0 Å². The average molecular weight is 348 g/mol. The number of ether oxygens (including phenoxy) is 1. The molecule has 0 unspecified atom stereocenters. The Hall–Kier alpha value is -2.57. The number of hydrogen-bond acceptors (Lipinski definition) is 5. The molecule has 0 radical (unpaired) electrons. The molecule has 126 valence electrons. The first-order valence-electron chi connectivity index (χ1n) is 7.38. The van der Waals surface area contributed by atoms with Gasteiger partial charge in [0.1, 0.15) is 11.6 Å². The van der Waals surface area contributed by atoms with E-state index in [1.807, 2.05) is 30.3 Å². The van der Waals surface area contributed by atoms with E-state index in [4.69, 9.17) is 21.5 Å². The largest absolute Gasteiger partial charge is 0.494 e. The van der Waals surface area contributed by atoms with Crippen molar-refractivity contribution in [2.24, 2.45) is 0 Å². The van der Waals surface area contributed by atoms with Gasteiger partial charge in [-0.25, -0.2) is 10.5 Å². The lowest BCUT2D eigenvalue weighted by atomic mass is 10.2. The number of halogens is 1. The fraction of sp³-hybridized carbons (Fsp3) is 0.176. The number of benzene rings is 1. The second-order valence-electron chi connectivity index (χ2n) is 4.85. The fourth-order valence-electron chi connectivity index (χ4n) is 1.87. The Balaban J connectivity index is 1.76. The SMILES string of the molecule is O=C(C=Cc1cnc(NCCCOc2ccccc2)c(Cl)c1)NO. The summed E-state index contributed by atoms with van der Waals surface area (Å²) in [5, 5.41) is 12.0. The molecule has 3 N–H and O–H groups in total. The summed E-state index contributed by atoms with van der Waals surface area (Å²) < 4.78 is 5.60. The Labute approximate surface area is 145 Å². The van der Waals surface area contributed by atoms with Gasteiger partial charge >= 0.3 is 0 Å². The molecule has 2 aromatic rings. The van der Waals surface area contributed by atoms with Gasteiger partial charge in [-0.05, 0) is 36.3 Å². The predicted octanol–water partition coefficient (Wildman–Crippen LogP) is 3.13. The Morgan fingerprint density at radius 1 is 1.33 bits per heavy atom. The number of para-hydroxylation sites is 1. The summed E-state index contributed by atoms with van der Waals surface area (Å²) in [5.41, 5.74) is 2.16. The van der Waals surface area contributed by atoms with Crippen LogP contribution in [0.4, 0.5) is 5.82 Å². The van der Waals surface area contributed by atoms with E-state index in [0.717, 1.165) is 12.2 Å². The van der Waals surface area contributed by atoms with Crippen molar-refractivity contribution in [1.29, 1.82) is 0 Å². The summed E-state index contributed by atoms with van der Waals surface area (Å²) in [7, 11) is 0. The Morgan fingerprint density at radius 3 is 2.83 bits per heavy atom. The molecule has 7 heteroatoms. The van der Waals surface area contributed by atoms with Crippen LogP contribution in [0.1, 0.15) is 12.0 Å². The van der Waals surface area contributed by atoms with Gasteiger partial charge in [-0.15, -0.1) is 0 Å². The van der Waals surface area contributed by atoms with E-state index in [9.17, 15) is 4.79 Å². The number of nitrogens with one attached hydrogen (secondary N) is 2. The van der Waals surface area contributed by atoms with Crippen LogP contribution in [0.15, 0.2) is 48.7 Å². The molecule has 6 nitrogen and oxygen atoms in total. The maximum Gasteiger partial charge on any atom is 0.267 e. The van der Waals surface area contributed by atoms with Gasteiger partial charge in [0.05, 0.1) is 11.6 Å². The lowest BCUT2D eigenvalue weighted by Crippen LogP contribution is -2.14. The first-order valence-corrected chi connectivity index (χ1v) is 7.76. The molecule has 0 saturated carbocycles. The van der Waals surface area contributed by atoms with Crippen LogP contribution >= 0.6 is 11.6 Å². The summed E-state index contributed by atoms with van der Waals surface area (Å²) in [4.78, 5) is 15.1. The van der Waals surface area contributed by atoms with Crippen LogP contribution in [0.25, 0.3) is 6.08 Å². The Bertz CT molecular complexity index is 693. The number of nitrogens with zero attached hydrogens (tertiary/aromatic N) is 1. The zero-order chi connectivity index (χ0) is 17.2. The molecule has 0 aliphatic rings. The van der Waals surface area contributed by atoms with Crippen LogP contribution in [0.5, 0.6) is 5.75 Å². The van der Waals surface area contributed by atoms with Crippen LogP contribution in [0.2, 0.25) is 5.02 Å². The summed E-state index contributed by atoms with van der Waals surface area (Å²) in [6, 6.07) is 11.3. The molecule has 2 rings (SSSR count). The van der Waals surface area contributed by atoms with Crippen molar-refractivity contribution in [2.75, 3.05) is 18.5 Å².